The Kier molecular flexibility index (Phi) is 6.52. The summed E-state index contributed by atoms with van der Waals surface area (Å²) in [5.41, 5.74) is 1.51. The van der Waals surface area contributed by atoms with Crippen molar-refractivity contribution >= 4 is 27.3 Å². The molecule has 0 saturated heterocycles. The number of anilines is 1. The average Bonchev–Trinajstić information content (AvgIpc) is 2.60. The number of hydrogen-bond donors (Lipinski definition) is 2. The largest absolute Gasteiger partial charge is 0.352 e. The number of para-hydroxylation sites is 1. The van der Waals surface area contributed by atoms with Gasteiger partial charge in [-0.1, -0.05) is 36.8 Å². The van der Waals surface area contributed by atoms with E-state index in [0.29, 0.717) is 12.1 Å². The van der Waals surface area contributed by atoms with E-state index in [-0.39, 0.29) is 16.5 Å². The van der Waals surface area contributed by atoms with Gasteiger partial charge in [-0.05, 0) is 37.6 Å². The van der Waals surface area contributed by atoms with Crippen LogP contribution in [0.4, 0.5) is 5.69 Å². The Morgan fingerprint density at radius 2 is 1.65 bits per heavy atom. The third-order valence-corrected chi connectivity index (χ3v) is 5.32. The molecule has 0 bridgehead atoms. The highest BCUT2D eigenvalue weighted by Gasteiger charge is 2.20. The van der Waals surface area contributed by atoms with E-state index in [9.17, 15) is 18.0 Å². The topological polar surface area (TPSA) is 92.3 Å². The first-order chi connectivity index (χ1) is 12.3. The maximum Gasteiger partial charge on any atom is 0.253 e. The fourth-order valence-electron chi connectivity index (χ4n) is 2.31. The first-order valence-electron chi connectivity index (χ1n) is 8.30. The van der Waals surface area contributed by atoms with E-state index in [2.05, 4.69) is 10.6 Å². The molecule has 2 N–H and O–H groups in total. The smallest absolute Gasteiger partial charge is 0.253 e. The molecule has 2 aromatic rings. The van der Waals surface area contributed by atoms with Gasteiger partial charge in [0.05, 0.1) is 16.1 Å². The van der Waals surface area contributed by atoms with E-state index in [1.807, 2.05) is 13.8 Å². The fourth-order valence-corrected chi connectivity index (χ4v) is 3.45. The lowest BCUT2D eigenvalue weighted by Gasteiger charge is -2.11. The molecule has 0 heterocycles. The Labute approximate surface area is 153 Å². The zero-order valence-electron chi connectivity index (χ0n) is 14.8. The van der Waals surface area contributed by atoms with Crippen molar-refractivity contribution in [2.45, 2.75) is 25.2 Å². The summed E-state index contributed by atoms with van der Waals surface area (Å²) >= 11 is 0. The van der Waals surface area contributed by atoms with Crippen LogP contribution >= 0.6 is 0 Å². The van der Waals surface area contributed by atoms with Crippen molar-refractivity contribution in [1.82, 2.24) is 5.32 Å². The van der Waals surface area contributed by atoms with Crippen LogP contribution in [0, 0.1) is 6.92 Å². The van der Waals surface area contributed by atoms with Gasteiger partial charge in [-0.2, -0.15) is 0 Å². The van der Waals surface area contributed by atoms with Gasteiger partial charge in [0.1, 0.15) is 5.75 Å². The van der Waals surface area contributed by atoms with Crippen molar-refractivity contribution in [2.75, 3.05) is 17.6 Å². The van der Waals surface area contributed by atoms with Crippen LogP contribution in [-0.2, 0) is 14.6 Å². The van der Waals surface area contributed by atoms with E-state index in [1.54, 1.807) is 36.4 Å². The predicted molar refractivity (Wildman–Crippen MR) is 101 cm³/mol. The molecule has 0 aliphatic carbocycles. The zero-order valence-corrected chi connectivity index (χ0v) is 15.6. The number of aryl methyl sites for hydroxylation is 1. The summed E-state index contributed by atoms with van der Waals surface area (Å²) in [6, 6.07) is 12.8. The maximum atomic E-state index is 12.4. The van der Waals surface area contributed by atoms with Gasteiger partial charge in [-0.3, -0.25) is 9.59 Å². The Bertz CT molecular complexity index is 890. The van der Waals surface area contributed by atoms with Crippen LogP contribution in [-0.4, -0.2) is 32.5 Å². The van der Waals surface area contributed by atoms with Crippen LogP contribution in [0.25, 0.3) is 0 Å². The van der Waals surface area contributed by atoms with Gasteiger partial charge in [-0.25, -0.2) is 8.42 Å². The normalized spacial score (nSPS) is 11.0. The second-order valence-corrected chi connectivity index (χ2v) is 7.91. The third-order valence-electron chi connectivity index (χ3n) is 3.68. The van der Waals surface area contributed by atoms with Crippen LogP contribution in [0.5, 0.6) is 0 Å². The monoisotopic (exact) mass is 374 g/mol. The zero-order chi connectivity index (χ0) is 19.2. The molecule has 138 valence electrons. The number of amides is 2. The highest BCUT2D eigenvalue weighted by atomic mass is 32.2. The van der Waals surface area contributed by atoms with Crippen molar-refractivity contribution in [3.05, 3.63) is 59.7 Å². The minimum atomic E-state index is -3.76. The molecule has 0 fully saturated rings. The van der Waals surface area contributed by atoms with E-state index < -0.39 is 21.5 Å². The number of carbonyl (C=O) groups is 2. The van der Waals surface area contributed by atoms with Gasteiger partial charge >= 0.3 is 0 Å². The van der Waals surface area contributed by atoms with Crippen LogP contribution in [0.2, 0.25) is 0 Å². The minimum Gasteiger partial charge on any atom is -0.352 e. The molecule has 6 nitrogen and oxygen atoms in total. The second kappa shape index (κ2) is 8.62. The van der Waals surface area contributed by atoms with Gasteiger partial charge in [-0.15, -0.1) is 0 Å². The highest BCUT2D eigenvalue weighted by Crippen LogP contribution is 2.17. The lowest BCUT2D eigenvalue weighted by atomic mass is 10.1. The predicted octanol–water partition coefficient (Wildman–Crippen LogP) is 2.55. The summed E-state index contributed by atoms with van der Waals surface area (Å²) < 4.78 is 24.7. The first-order valence-corrected chi connectivity index (χ1v) is 9.95. The number of sulfone groups is 1. The molecule has 0 saturated carbocycles. The lowest BCUT2D eigenvalue weighted by Crippen LogP contribution is -2.27. The van der Waals surface area contributed by atoms with Gasteiger partial charge in [0.2, 0.25) is 5.91 Å². The molecular weight excluding hydrogens is 352 g/mol. The molecule has 26 heavy (non-hydrogen) atoms. The van der Waals surface area contributed by atoms with Gasteiger partial charge < -0.3 is 10.6 Å². The number of benzene rings is 2. The van der Waals surface area contributed by atoms with Crippen molar-refractivity contribution < 1.29 is 18.0 Å². The van der Waals surface area contributed by atoms with Crippen LogP contribution in [0.1, 0.15) is 29.3 Å². The van der Waals surface area contributed by atoms with Crippen LogP contribution in [0.3, 0.4) is 0 Å². The molecular formula is C19H22N2O4S. The lowest BCUT2D eigenvalue weighted by molar-refractivity contribution is -0.113. The van der Waals surface area contributed by atoms with Crippen molar-refractivity contribution in [1.29, 1.82) is 0 Å². The maximum absolute atomic E-state index is 12.4. The second-order valence-electron chi connectivity index (χ2n) is 5.92. The molecule has 0 aliphatic rings. The molecule has 2 aromatic carbocycles. The highest BCUT2D eigenvalue weighted by molar-refractivity contribution is 7.92. The molecule has 0 spiro atoms. The van der Waals surface area contributed by atoms with Crippen LogP contribution < -0.4 is 10.6 Å². The van der Waals surface area contributed by atoms with E-state index in [1.165, 1.54) is 12.1 Å². The number of nitrogens with one attached hydrogen (secondary N) is 2. The van der Waals surface area contributed by atoms with E-state index in [4.69, 9.17) is 0 Å². The standard InChI is InChI=1S/C19H22N2O4S/c1-3-12-20-19(23)16-6-4-5-7-17(16)21-18(22)13-26(24,25)15-10-8-14(2)9-11-15/h4-11H,3,12-13H2,1-2H3,(H,20,23)(H,21,22). The van der Waals surface area contributed by atoms with Crippen molar-refractivity contribution in [3.8, 4) is 0 Å². The number of rotatable bonds is 7. The van der Waals surface area contributed by atoms with E-state index >= 15 is 0 Å². The Morgan fingerprint density at radius 3 is 2.31 bits per heavy atom. The summed E-state index contributed by atoms with van der Waals surface area (Å²) in [6.07, 6.45) is 0.787. The molecule has 7 heteroatoms. The number of hydrogen-bond acceptors (Lipinski definition) is 4. The molecule has 0 aliphatic heterocycles. The van der Waals surface area contributed by atoms with Crippen LogP contribution in [0.15, 0.2) is 53.4 Å². The summed E-state index contributed by atoms with van der Waals surface area (Å²) in [7, 11) is -3.76. The molecule has 0 aromatic heterocycles. The summed E-state index contributed by atoms with van der Waals surface area (Å²) in [4.78, 5) is 24.5. The Hall–Kier alpha value is -2.67. The number of carbonyl (C=O) groups excluding carboxylic acids is 2. The third kappa shape index (κ3) is 5.16. The van der Waals surface area contributed by atoms with Crippen molar-refractivity contribution in [2.24, 2.45) is 0 Å². The molecule has 0 unspecified atom stereocenters. The SMILES string of the molecule is CCCNC(=O)c1ccccc1NC(=O)CS(=O)(=O)c1ccc(C)cc1. The molecule has 2 rings (SSSR count). The summed E-state index contributed by atoms with van der Waals surface area (Å²) in [5.74, 6) is -1.70. The van der Waals surface area contributed by atoms with Gasteiger partial charge in [0.25, 0.3) is 5.91 Å². The van der Waals surface area contributed by atoms with E-state index in [0.717, 1.165) is 12.0 Å². The fraction of sp³-hybridized carbons (Fsp3) is 0.263. The van der Waals surface area contributed by atoms with Crippen molar-refractivity contribution in [3.63, 3.8) is 0 Å². The first kappa shape index (κ1) is 19.7. The molecule has 0 radical (unpaired) electrons. The summed E-state index contributed by atoms with van der Waals surface area (Å²) in [6.45, 7) is 4.30. The quantitative estimate of drug-likeness (QED) is 0.779. The average molecular weight is 374 g/mol. The molecule has 0 atom stereocenters. The Morgan fingerprint density at radius 1 is 1.00 bits per heavy atom. The molecule has 2 amide bonds. The Balaban J connectivity index is 2.13. The van der Waals surface area contributed by atoms with Gasteiger partial charge in [0.15, 0.2) is 9.84 Å². The van der Waals surface area contributed by atoms with Gasteiger partial charge in [0, 0.05) is 6.54 Å². The summed E-state index contributed by atoms with van der Waals surface area (Å²) in [5, 5.41) is 5.26. The minimum absolute atomic E-state index is 0.0900.